The number of nitrogens with zero attached hydrogens (tertiary/aromatic N) is 4. The summed E-state index contributed by atoms with van der Waals surface area (Å²) in [5, 5.41) is 13.8. The van der Waals surface area contributed by atoms with Crippen LogP contribution in [0.5, 0.6) is 0 Å². The third-order valence-corrected chi connectivity index (χ3v) is 4.10. The van der Waals surface area contributed by atoms with Crippen LogP contribution < -0.4 is 0 Å². The minimum absolute atomic E-state index is 0.179. The third-order valence-electron chi connectivity index (χ3n) is 4.10. The van der Waals surface area contributed by atoms with Crippen LogP contribution in [0.4, 0.5) is 0 Å². The summed E-state index contributed by atoms with van der Waals surface area (Å²) in [6, 6.07) is 10.0. The summed E-state index contributed by atoms with van der Waals surface area (Å²) in [5.41, 5.74) is 2.20. The molecule has 1 aromatic heterocycles. The second kappa shape index (κ2) is 6.93. The van der Waals surface area contributed by atoms with Gasteiger partial charge in [-0.25, -0.2) is 4.68 Å². The molecule has 1 saturated heterocycles. The number of aliphatic hydroxyl groups excluding tert-OH is 1. The van der Waals surface area contributed by atoms with Crippen molar-refractivity contribution in [2.45, 2.75) is 19.6 Å². The van der Waals surface area contributed by atoms with Gasteiger partial charge in [0.1, 0.15) is 6.10 Å². The minimum Gasteiger partial charge on any atom is -0.384 e. The number of aromatic nitrogens is 2. The Morgan fingerprint density at radius 3 is 2.57 bits per heavy atom. The normalized spacial score (nSPS) is 17.2. The molecule has 1 N–H and O–H groups in total. The highest BCUT2D eigenvalue weighted by Crippen LogP contribution is 2.12. The van der Waals surface area contributed by atoms with Gasteiger partial charge in [-0.3, -0.25) is 9.69 Å². The summed E-state index contributed by atoms with van der Waals surface area (Å²) in [6.45, 7) is 5.30. The molecule has 1 aromatic carbocycles. The SMILES string of the molecule is CC(O)C(=O)N1CCN(Cc2cnn(-c3ccccc3)c2)CC1. The van der Waals surface area contributed by atoms with E-state index in [0.717, 1.165) is 30.9 Å². The molecule has 3 rings (SSSR count). The summed E-state index contributed by atoms with van der Waals surface area (Å²) in [6.07, 6.45) is 3.02. The first-order chi connectivity index (χ1) is 11.1. The molecule has 0 aliphatic carbocycles. The van der Waals surface area contributed by atoms with E-state index in [1.54, 1.807) is 4.90 Å². The molecule has 122 valence electrons. The van der Waals surface area contributed by atoms with Crippen LogP contribution in [0.2, 0.25) is 0 Å². The van der Waals surface area contributed by atoms with Crippen LogP contribution in [0.25, 0.3) is 5.69 Å². The Balaban J connectivity index is 1.55. The average molecular weight is 314 g/mol. The molecule has 23 heavy (non-hydrogen) atoms. The van der Waals surface area contributed by atoms with E-state index in [9.17, 15) is 9.90 Å². The summed E-state index contributed by atoms with van der Waals surface area (Å²) in [7, 11) is 0. The van der Waals surface area contributed by atoms with E-state index in [2.05, 4.69) is 10.00 Å². The molecule has 2 aromatic rings. The summed E-state index contributed by atoms with van der Waals surface area (Å²) < 4.78 is 1.88. The van der Waals surface area contributed by atoms with Gasteiger partial charge in [0, 0.05) is 44.5 Å². The van der Waals surface area contributed by atoms with E-state index in [0.29, 0.717) is 13.1 Å². The van der Waals surface area contributed by atoms with Gasteiger partial charge in [0.05, 0.1) is 11.9 Å². The van der Waals surface area contributed by atoms with E-state index in [4.69, 9.17) is 0 Å². The zero-order valence-electron chi connectivity index (χ0n) is 13.3. The van der Waals surface area contributed by atoms with Crippen molar-refractivity contribution in [2.75, 3.05) is 26.2 Å². The van der Waals surface area contributed by atoms with Gasteiger partial charge in [0.25, 0.3) is 5.91 Å². The van der Waals surface area contributed by atoms with Gasteiger partial charge in [-0.05, 0) is 19.1 Å². The van der Waals surface area contributed by atoms with E-state index in [1.807, 2.05) is 47.4 Å². The van der Waals surface area contributed by atoms with E-state index < -0.39 is 6.10 Å². The van der Waals surface area contributed by atoms with Gasteiger partial charge in [-0.15, -0.1) is 0 Å². The van der Waals surface area contributed by atoms with Crippen LogP contribution in [0.15, 0.2) is 42.7 Å². The molecule has 6 heteroatoms. The number of piperazine rings is 1. The van der Waals surface area contributed by atoms with Crippen LogP contribution in [-0.4, -0.2) is 62.9 Å². The van der Waals surface area contributed by atoms with E-state index in [1.165, 1.54) is 6.92 Å². The standard InChI is InChI=1S/C17H22N4O2/c1-14(22)17(23)20-9-7-19(8-10-20)12-15-11-18-21(13-15)16-5-3-2-4-6-16/h2-6,11,13-14,22H,7-10,12H2,1H3. The largest absolute Gasteiger partial charge is 0.384 e. The molecule has 0 bridgehead atoms. The number of rotatable bonds is 4. The van der Waals surface area contributed by atoms with Crippen molar-refractivity contribution in [2.24, 2.45) is 0 Å². The van der Waals surface area contributed by atoms with Gasteiger partial charge in [-0.2, -0.15) is 5.10 Å². The smallest absolute Gasteiger partial charge is 0.251 e. The number of benzene rings is 1. The molecule has 1 aliphatic rings. The molecule has 0 radical (unpaired) electrons. The lowest BCUT2D eigenvalue weighted by molar-refractivity contribution is -0.141. The Morgan fingerprint density at radius 1 is 1.22 bits per heavy atom. The lowest BCUT2D eigenvalue weighted by Gasteiger charge is -2.35. The van der Waals surface area contributed by atoms with E-state index >= 15 is 0 Å². The predicted octanol–water partition coefficient (Wildman–Crippen LogP) is 0.897. The minimum atomic E-state index is -0.911. The first-order valence-corrected chi connectivity index (χ1v) is 7.91. The zero-order chi connectivity index (χ0) is 16.2. The van der Waals surface area contributed by atoms with Gasteiger partial charge in [0.15, 0.2) is 0 Å². The Labute approximate surface area is 135 Å². The lowest BCUT2D eigenvalue weighted by atomic mass is 10.2. The number of aliphatic hydroxyl groups is 1. The molecule has 1 amide bonds. The quantitative estimate of drug-likeness (QED) is 0.911. The number of para-hydroxylation sites is 1. The summed E-state index contributed by atoms with van der Waals surface area (Å²) in [4.78, 5) is 15.8. The first-order valence-electron chi connectivity index (χ1n) is 7.91. The van der Waals surface area contributed by atoms with Crippen molar-refractivity contribution < 1.29 is 9.90 Å². The third kappa shape index (κ3) is 3.78. The van der Waals surface area contributed by atoms with Gasteiger partial charge in [-0.1, -0.05) is 18.2 Å². The molecule has 1 atom stereocenters. The number of carbonyl (C=O) groups excluding carboxylic acids is 1. The van der Waals surface area contributed by atoms with Crippen molar-refractivity contribution in [3.8, 4) is 5.69 Å². The maximum Gasteiger partial charge on any atom is 0.251 e. The Morgan fingerprint density at radius 2 is 1.91 bits per heavy atom. The number of amides is 1. The molecule has 1 fully saturated rings. The van der Waals surface area contributed by atoms with Crippen molar-refractivity contribution in [1.29, 1.82) is 0 Å². The first kappa shape index (κ1) is 15.7. The van der Waals surface area contributed by atoms with Crippen LogP contribution >= 0.6 is 0 Å². The number of carbonyl (C=O) groups is 1. The molecule has 1 aliphatic heterocycles. The predicted molar refractivity (Wildman–Crippen MR) is 87.1 cm³/mol. The Bertz CT molecular complexity index is 646. The molecular formula is C17H22N4O2. The van der Waals surface area contributed by atoms with Crippen LogP contribution in [0.1, 0.15) is 12.5 Å². The van der Waals surface area contributed by atoms with Crippen LogP contribution in [-0.2, 0) is 11.3 Å². The van der Waals surface area contributed by atoms with Crippen molar-refractivity contribution in [3.63, 3.8) is 0 Å². The maximum atomic E-state index is 11.8. The highest BCUT2D eigenvalue weighted by atomic mass is 16.3. The molecule has 0 spiro atoms. The highest BCUT2D eigenvalue weighted by molar-refractivity contribution is 5.80. The highest BCUT2D eigenvalue weighted by Gasteiger charge is 2.23. The Kier molecular flexibility index (Phi) is 4.73. The van der Waals surface area contributed by atoms with E-state index in [-0.39, 0.29) is 5.91 Å². The second-order valence-corrected chi connectivity index (χ2v) is 5.91. The van der Waals surface area contributed by atoms with Crippen molar-refractivity contribution >= 4 is 5.91 Å². The molecular weight excluding hydrogens is 292 g/mol. The van der Waals surface area contributed by atoms with Gasteiger partial charge >= 0.3 is 0 Å². The van der Waals surface area contributed by atoms with Crippen molar-refractivity contribution in [3.05, 3.63) is 48.3 Å². The van der Waals surface area contributed by atoms with Crippen LogP contribution in [0.3, 0.4) is 0 Å². The topological polar surface area (TPSA) is 61.6 Å². The fourth-order valence-electron chi connectivity index (χ4n) is 2.81. The van der Waals surface area contributed by atoms with Gasteiger partial charge in [0.2, 0.25) is 0 Å². The molecule has 2 heterocycles. The fraction of sp³-hybridized carbons (Fsp3) is 0.412. The lowest BCUT2D eigenvalue weighted by Crippen LogP contribution is -2.50. The molecule has 1 unspecified atom stereocenters. The molecule has 0 saturated carbocycles. The number of hydrogen-bond acceptors (Lipinski definition) is 4. The monoisotopic (exact) mass is 314 g/mol. The molecule has 6 nitrogen and oxygen atoms in total. The van der Waals surface area contributed by atoms with Gasteiger partial charge < -0.3 is 10.0 Å². The fourth-order valence-corrected chi connectivity index (χ4v) is 2.81. The zero-order valence-corrected chi connectivity index (χ0v) is 13.3. The second-order valence-electron chi connectivity index (χ2n) is 5.91. The Hall–Kier alpha value is -2.18. The summed E-state index contributed by atoms with van der Waals surface area (Å²) >= 11 is 0. The maximum absolute atomic E-state index is 11.8. The van der Waals surface area contributed by atoms with Crippen LogP contribution in [0, 0.1) is 0 Å². The van der Waals surface area contributed by atoms with Crippen molar-refractivity contribution in [1.82, 2.24) is 19.6 Å². The average Bonchev–Trinajstić information content (AvgIpc) is 3.04. The summed E-state index contributed by atoms with van der Waals surface area (Å²) in [5.74, 6) is -0.179. The number of hydrogen-bond donors (Lipinski definition) is 1.